The monoisotopic (exact) mass is 236 g/mol. The molecular formula is C10H12N4O3. The van der Waals surface area contributed by atoms with Crippen molar-refractivity contribution in [3.8, 4) is 11.5 Å². The Kier molecular flexibility index (Phi) is 4.65. The molecule has 0 saturated carbocycles. The van der Waals surface area contributed by atoms with Gasteiger partial charge in [-0.15, -0.1) is 0 Å². The zero-order chi connectivity index (χ0) is 12.7. The molecule has 1 aromatic rings. The number of aromatic hydroxyl groups is 1. The summed E-state index contributed by atoms with van der Waals surface area (Å²) in [6, 6.07) is 4.38. The van der Waals surface area contributed by atoms with Crippen molar-refractivity contribution in [3.63, 3.8) is 0 Å². The number of nitrogens with zero attached hydrogens (tertiary/aromatic N) is 3. The number of carbonyl (C=O) groups excluding carboxylic acids is 1. The van der Waals surface area contributed by atoms with Crippen molar-refractivity contribution in [2.45, 2.75) is 0 Å². The van der Waals surface area contributed by atoms with Gasteiger partial charge in [-0.05, 0) is 17.7 Å². The van der Waals surface area contributed by atoms with Crippen LogP contribution in [0, 0.1) is 0 Å². The SMILES string of the molecule is COc1ccc(C(=O)NCCN=[N+]=[N-])c(O)c1. The average Bonchev–Trinajstić information content (AvgIpc) is 2.34. The van der Waals surface area contributed by atoms with Crippen LogP contribution in [0.15, 0.2) is 23.3 Å². The lowest BCUT2D eigenvalue weighted by molar-refractivity contribution is 0.0952. The molecule has 0 atom stereocenters. The largest absolute Gasteiger partial charge is 0.507 e. The second-order valence-corrected chi connectivity index (χ2v) is 3.09. The summed E-state index contributed by atoms with van der Waals surface area (Å²) in [7, 11) is 1.47. The maximum Gasteiger partial charge on any atom is 0.255 e. The Bertz CT molecular complexity index is 455. The van der Waals surface area contributed by atoms with Gasteiger partial charge in [-0.3, -0.25) is 4.79 Å². The van der Waals surface area contributed by atoms with Crippen LogP contribution in [0.1, 0.15) is 10.4 Å². The van der Waals surface area contributed by atoms with E-state index in [9.17, 15) is 9.90 Å². The number of rotatable bonds is 5. The number of ether oxygens (including phenoxy) is 1. The van der Waals surface area contributed by atoms with Gasteiger partial charge in [-0.25, -0.2) is 0 Å². The number of nitrogens with one attached hydrogen (secondary N) is 1. The number of azide groups is 1. The highest BCUT2D eigenvalue weighted by molar-refractivity contribution is 5.96. The summed E-state index contributed by atoms with van der Waals surface area (Å²) in [5, 5.41) is 15.4. The molecule has 0 aliphatic carbocycles. The molecule has 7 heteroatoms. The molecule has 1 rings (SSSR count). The van der Waals surface area contributed by atoms with Crippen LogP contribution in [0.2, 0.25) is 0 Å². The molecular weight excluding hydrogens is 224 g/mol. The smallest absolute Gasteiger partial charge is 0.255 e. The standard InChI is InChI=1S/C10H12N4O3/c1-17-7-2-3-8(9(15)6-7)10(16)12-4-5-13-14-11/h2-3,6,15H,4-5H2,1H3,(H,12,16). The van der Waals surface area contributed by atoms with Crippen molar-refractivity contribution in [2.75, 3.05) is 20.2 Å². The third kappa shape index (κ3) is 3.58. The van der Waals surface area contributed by atoms with Crippen molar-refractivity contribution in [1.29, 1.82) is 0 Å². The van der Waals surface area contributed by atoms with Gasteiger partial charge in [-0.1, -0.05) is 5.11 Å². The highest BCUT2D eigenvalue weighted by Crippen LogP contribution is 2.22. The van der Waals surface area contributed by atoms with E-state index in [1.807, 2.05) is 0 Å². The molecule has 7 nitrogen and oxygen atoms in total. The molecule has 0 aliphatic rings. The lowest BCUT2D eigenvalue weighted by Gasteiger charge is -2.07. The first-order valence-electron chi connectivity index (χ1n) is 4.85. The lowest BCUT2D eigenvalue weighted by Crippen LogP contribution is -2.25. The summed E-state index contributed by atoms with van der Waals surface area (Å²) < 4.78 is 4.90. The molecule has 0 radical (unpaired) electrons. The van der Waals surface area contributed by atoms with Crippen molar-refractivity contribution in [3.05, 3.63) is 34.2 Å². The van der Waals surface area contributed by atoms with E-state index in [2.05, 4.69) is 15.3 Å². The molecule has 0 spiro atoms. The Morgan fingerprint density at radius 1 is 1.65 bits per heavy atom. The van der Waals surface area contributed by atoms with E-state index < -0.39 is 5.91 Å². The predicted molar refractivity (Wildman–Crippen MR) is 61.0 cm³/mol. The van der Waals surface area contributed by atoms with Gasteiger partial charge in [0.1, 0.15) is 11.5 Å². The Hall–Kier alpha value is -2.40. The molecule has 2 N–H and O–H groups in total. The number of hydrogen-bond acceptors (Lipinski definition) is 4. The Labute approximate surface area is 97.6 Å². The molecule has 0 saturated heterocycles. The van der Waals surface area contributed by atoms with Gasteiger partial charge in [0, 0.05) is 24.1 Å². The number of phenols is 1. The zero-order valence-corrected chi connectivity index (χ0v) is 9.25. The highest BCUT2D eigenvalue weighted by atomic mass is 16.5. The third-order valence-electron chi connectivity index (χ3n) is 2.01. The Morgan fingerprint density at radius 3 is 3.00 bits per heavy atom. The van der Waals surface area contributed by atoms with E-state index in [0.29, 0.717) is 5.75 Å². The summed E-state index contributed by atoms with van der Waals surface area (Å²) >= 11 is 0. The predicted octanol–water partition coefficient (Wildman–Crippen LogP) is 1.44. The van der Waals surface area contributed by atoms with Crippen molar-refractivity contribution < 1.29 is 14.6 Å². The fraction of sp³-hybridized carbons (Fsp3) is 0.300. The molecule has 0 fully saturated rings. The van der Waals surface area contributed by atoms with E-state index in [1.165, 1.54) is 19.2 Å². The first-order chi connectivity index (χ1) is 8.19. The van der Waals surface area contributed by atoms with Crippen molar-refractivity contribution in [2.24, 2.45) is 5.11 Å². The summed E-state index contributed by atoms with van der Waals surface area (Å²) in [6.07, 6.45) is 0. The third-order valence-corrected chi connectivity index (χ3v) is 2.01. The minimum Gasteiger partial charge on any atom is -0.507 e. The number of methoxy groups -OCH3 is 1. The second kappa shape index (κ2) is 6.24. The van der Waals surface area contributed by atoms with E-state index in [1.54, 1.807) is 6.07 Å². The molecule has 0 heterocycles. The number of carbonyl (C=O) groups is 1. The first-order valence-corrected chi connectivity index (χ1v) is 4.85. The van der Waals surface area contributed by atoms with Gasteiger partial charge in [0.2, 0.25) is 0 Å². The van der Waals surface area contributed by atoms with Gasteiger partial charge >= 0.3 is 0 Å². The number of amides is 1. The van der Waals surface area contributed by atoms with Crippen LogP contribution >= 0.6 is 0 Å². The molecule has 0 unspecified atom stereocenters. The maximum atomic E-state index is 11.6. The molecule has 1 aromatic carbocycles. The van der Waals surface area contributed by atoms with Crippen molar-refractivity contribution in [1.82, 2.24) is 5.32 Å². The van der Waals surface area contributed by atoms with Gasteiger partial charge in [-0.2, -0.15) is 0 Å². The first kappa shape index (κ1) is 12.7. The average molecular weight is 236 g/mol. The van der Waals surface area contributed by atoms with Crippen molar-refractivity contribution >= 4 is 5.91 Å². The fourth-order valence-electron chi connectivity index (χ4n) is 1.19. The van der Waals surface area contributed by atoms with E-state index in [0.717, 1.165) is 0 Å². The fourth-order valence-corrected chi connectivity index (χ4v) is 1.19. The lowest BCUT2D eigenvalue weighted by atomic mass is 10.2. The quantitative estimate of drug-likeness (QED) is 0.349. The van der Waals surface area contributed by atoms with Crippen LogP contribution < -0.4 is 10.1 Å². The highest BCUT2D eigenvalue weighted by Gasteiger charge is 2.10. The van der Waals surface area contributed by atoms with E-state index in [-0.39, 0.29) is 24.4 Å². The summed E-state index contributed by atoms with van der Waals surface area (Å²) in [5.41, 5.74) is 8.19. The van der Waals surface area contributed by atoms with E-state index >= 15 is 0 Å². The van der Waals surface area contributed by atoms with Crippen LogP contribution in [-0.4, -0.2) is 31.2 Å². The summed E-state index contributed by atoms with van der Waals surface area (Å²) in [4.78, 5) is 14.1. The number of phenolic OH excluding ortho intramolecular Hbond substituents is 1. The van der Waals surface area contributed by atoms with Crippen LogP contribution in [0.5, 0.6) is 11.5 Å². The zero-order valence-electron chi connectivity index (χ0n) is 9.25. The summed E-state index contributed by atoms with van der Waals surface area (Å²) in [5.74, 6) is -0.128. The van der Waals surface area contributed by atoms with Crippen LogP contribution in [-0.2, 0) is 0 Å². The number of hydrogen-bond donors (Lipinski definition) is 2. The molecule has 0 aromatic heterocycles. The van der Waals surface area contributed by atoms with Crippen LogP contribution in [0.25, 0.3) is 10.4 Å². The molecule has 90 valence electrons. The Balaban J connectivity index is 2.65. The molecule has 17 heavy (non-hydrogen) atoms. The topological polar surface area (TPSA) is 107 Å². The molecule has 1 amide bonds. The van der Waals surface area contributed by atoms with Crippen LogP contribution in [0.4, 0.5) is 0 Å². The van der Waals surface area contributed by atoms with Gasteiger partial charge in [0.25, 0.3) is 5.91 Å². The number of benzene rings is 1. The minimum atomic E-state index is -0.432. The van der Waals surface area contributed by atoms with Crippen LogP contribution in [0.3, 0.4) is 0 Å². The van der Waals surface area contributed by atoms with Gasteiger partial charge in [0.05, 0.1) is 12.7 Å². The second-order valence-electron chi connectivity index (χ2n) is 3.09. The summed E-state index contributed by atoms with van der Waals surface area (Å²) in [6.45, 7) is 0.382. The van der Waals surface area contributed by atoms with Gasteiger partial charge in [0.15, 0.2) is 0 Å². The molecule has 0 aliphatic heterocycles. The van der Waals surface area contributed by atoms with Gasteiger partial charge < -0.3 is 15.2 Å². The minimum absolute atomic E-state index is 0.145. The van der Waals surface area contributed by atoms with E-state index in [4.69, 9.17) is 10.3 Å². The Morgan fingerprint density at radius 2 is 2.41 bits per heavy atom. The normalized spacial score (nSPS) is 9.24. The molecule has 0 bridgehead atoms. The maximum absolute atomic E-state index is 11.6.